The minimum absolute atomic E-state index is 0.222. The van der Waals surface area contributed by atoms with Crippen molar-refractivity contribution in [3.8, 4) is 5.75 Å². The summed E-state index contributed by atoms with van der Waals surface area (Å²) in [6.45, 7) is 1.37. The number of rotatable bonds is 5. The number of aryl methyl sites for hydroxylation is 1. The molecule has 0 spiro atoms. The third kappa shape index (κ3) is 4.13. The van der Waals surface area contributed by atoms with Crippen LogP contribution in [0.2, 0.25) is 0 Å². The van der Waals surface area contributed by atoms with Crippen molar-refractivity contribution >= 4 is 33.6 Å². The fraction of sp³-hybridized carbons (Fsp3) is 0.174. The zero-order valence-electron chi connectivity index (χ0n) is 17.2. The third-order valence-corrected chi connectivity index (χ3v) is 5.08. The van der Waals surface area contributed by atoms with Crippen LogP contribution < -0.4 is 21.3 Å². The number of hydrazine groups is 1. The summed E-state index contributed by atoms with van der Waals surface area (Å²) in [4.78, 5) is 37.0. The molecule has 0 aliphatic heterocycles. The molecule has 1 unspecified atom stereocenters. The van der Waals surface area contributed by atoms with Gasteiger partial charge in [0.2, 0.25) is 0 Å². The van der Waals surface area contributed by atoms with Crippen molar-refractivity contribution in [1.29, 1.82) is 0 Å². The predicted molar refractivity (Wildman–Crippen MR) is 118 cm³/mol. The van der Waals surface area contributed by atoms with Gasteiger partial charge in [0.25, 0.3) is 11.8 Å². The summed E-state index contributed by atoms with van der Waals surface area (Å²) in [5.41, 5.74) is 5.75. The normalized spacial score (nSPS) is 11.9. The molecule has 31 heavy (non-hydrogen) atoms. The Morgan fingerprint density at radius 1 is 0.935 bits per heavy atom. The lowest BCUT2D eigenvalue weighted by Gasteiger charge is -2.15. The molecule has 1 aromatic heterocycles. The maximum absolute atomic E-state index is 12.4. The van der Waals surface area contributed by atoms with Gasteiger partial charge in [-0.1, -0.05) is 42.5 Å². The molecule has 0 aliphatic carbocycles. The van der Waals surface area contributed by atoms with Gasteiger partial charge in [-0.3, -0.25) is 29.6 Å². The molecular formula is C23H22N4O4. The van der Waals surface area contributed by atoms with Gasteiger partial charge in [-0.15, -0.1) is 0 Å². The Kier molecular flexibility index (Phi) is 5.44. The molecule has 1 atom stereocenters. The maximum Gasteiger partial charge on any atom is 0.329 e. The van der Waals surface area contributed by atoms with Crippen molar-refractivity contribution in [1.82, 2.24) is 20.0 Å². The Balaban J connectivity index is 1.36. The highest BCUT2D eigenvalue weighted by Gasteiger charge is 2.17. The van der Waals surface area contributed by atoms with Crippen molar-refractivity contribution in [2.75, 3.05) is 0 Å². The second-order valence-corrected chi connectivity index (χ2v) is 7.22. The lowest BCUT2D eigenvalue weighted by molar-refractivity contribution is -0.132. The van der Waals surface area contributed by atoms with Crippen molar-refractivity contribution in [2.24, 2.45) is 7.05 Å². The van der Waals surface area contributed by atoms with Crippen LogP contribution >= 0.6 is 0 Å². The number of benzene rings is 3. The number of nitrogens with one attached hydrogen (secondary N) is 2. The molecule has 2 amide bonds. The number of hydrogen-bond donors (Lipinski definition) is 2. The Bertz CT molecular complexity index is 1340. The zero-order chi connectivity index (χ0) is 22.0. The van der Waals surface area contributed by atoms with Gasteiger partial charge in [-0.25, -0.2) is 4.79 Å². The van der Waals surface area contributed by atoms with Crippen molar-refractivity contribution in [3.63, 3.8) is 0 Å². The van der Waals surface area contributed by atoms with Crippen LogP contribution in [0.25, 0.3) is 21.8 Å². The highest BCUT2D eigenvalue weighted by Crippen LogP contribution is 2.21. The lowest BCUT2D eigenvalue weighted by Crippen LogP contribution is -2.48. The van der Waals surface area contributed by atoms with Gasteiger partial charge in [0.1, 0.15) is 12.3 Å². The quantitative estimate of drug-likeness (QED) is 0.486. The number of fused-ring (bicyclic) bond motifs is 2. The van der Waals surface area contributed by atoms with Crippen LogP contribution in [0.3, 0.4) is 0 Å². The second kappa shape index (κ2) is 8.35. The molecular weight excluding hydrogens is 396 g/mol. The average molecular weight is 418 g/mol. The zero-order valence-corrected chi connectivity index (χ0v) is 17.2. The number of ether oxygens (including phenoxy) is 1. The second-order valence-electron chi connectivity index (χ2n) is 7.22. The van der Waals surface area contributed by atoms with E-state index in [4.69, 9.17) is 4.74 Å². The number of para-hydroxylation sites is 2. The number of hydrogen-bond acceptors (Lipinski definition) is 4. The van der Waals surface area contributed by atoms with Crippen LogP contribution in [-0.2, 0) is 23.2 Å². The molecule has 4 aromatic rings. The first-order valence-corrected chi connectivity index (χ1v) is 9.82. The van der Waals surface area contributed by atoms with Gasteiger partial charge in [-0.05, 0) is 42.0 Å². The SMILES string of the molecule is CC(Oc1ccc2ccccc2c1)C(=O)NNC(=O)Cn1c(=O)n(C)c2ccccc21. The van der Waals surface area contributed by atoms with E-state index in [9.17, 15) is 14.4 Å². The summed E-state index contributed by atoms with van der Waals surface area (Å²) in [6.07, 6.45) is -0.832. The van der Waals surface area contributed by atoms with Gasteiger partial charge >= 0.3 is 5.69 Å². The van der Waals surface area contributed by atoms with Crippen molar-refractivity contribution < 1.29 is 14.3 Å². The molecule has 0 saturated carbocycles. The van der Waals surface area contributed by atoms with E-state index in [1.54, 1.807) is 38.2 Å². The summed E-state index contributed by atoms with van der Waals surface area (Å²) < 4.78 is 8.52. The largest absolute Gasteiger partial charge is 0.481 e. The van der Waals surface area contributed by atoms with E-state index in [0.29, 0.717) is 11.3 Å². The van der Waals surface area contributed by atoms with E-state index < -0.39 is 17.9 Å². The Hall–Kier alpha value is -4.07. The van der Waals surface area contributed by atoms with Gasteiger partial charge in [0.15, 0.2) is 6.10 Å². The summed E-state index contributed by atoms with van der Waals surface area (Å²) in [7, 11) is 1.65. The van der Waals surface area contributed by atoms with Crippen LogP contribution in [0.15, 0.2) is 71.5 Å². The molecule has 0 bridgehead atoms. The van der Waals surface area contributed by atoms with Crippen LogP contribution in [0.1, 0.15) is 6.92 Å². The average Bonchev–Trinajstić information content (AvgIpc) is 3.02. The molecule has 0 fully saturated rings. The summed E-state index contributed by atoms with van der Waals surface area (Å²) in [6, 6.07) is 20.6. The van der Waals surface area contributed by atoms with E-state index in [1.807, 2.05) is 42.5 Å². The first-order chi connectivity index (χ1) is 14.9. The first-order valence-electron chi connectivity index (χ1n) is 9.82. The van der Waals surface area contributed by atoms with Gasteiger partial charge in [-0.2, -0.15) is 0 Å². The minimum atomic E-state index is -0.832. The molecule has 158 valence electrons. The Morgan fingerprint density at radius 3 is 2.39 bits per heavy atom. The topological polar surface area (TPSA) is 94.4 Å². The summed E-state index contributed by atoms with van der Waals surface area (Å²) >= 11 is 0. The van der Waals surface area contributed by atoms with Gasteiger partial charge in [0.05, 0.1) is 11.0 Å². The Labute approximate surface area is 178 Å². The van der Waals surface area contributed by atoms with Crippen molar-refractivity contribution in [3.05, 3.63) is 77.2 Å². The Morgan fingerprint density at radius 2 is 1.61 bits per heavy atom. The molecule has 8 nitrogen and oxygen atoms in total. The minimum Gasteiger partial charge on any atom is -0.481 e. The number of amides is 2. The summed E-state index contributed by atoms with van der Waals surface area (Å²) in [5.74, 6) is -0.480. The number of aromatic nitrogens is 2. The van der Waals surface area contributed by atoms with E-state index >= 15 is 0 Å². The highest BCUT2D eigenvalue weighted by molar-refractivity contribution is 5.86. The van der Waals surface area contributed by atoms with E-state index in [0.717, 1.165) is 16.3 Å². The van der Waals surface area contributed by atoms with Crippen LogP contribution in [0.5, 0.6) is 5.75 Å². The van der Waals surface area contributed by atoms with Gasteiger partial charge < -0.3 is 4.74 Å². The fourth-order valence-electron chi connectivity index (χ4n) is 3.43. The molecule has 0 aliphatic rings. The molecule has 0 radical (unpaired) electrons. The van der Waals surface area contributed by atoms with E-state index in [2.05, 4.69) is 10.9 Å². The molecule has 3 aromatic carbocycles. The smallest absolute Gasteiger partial charge is 0.329 e. The van der Waals surface area contributed by atoms with Crippen LogP contribution in [0.4, 0.5) is 0 Å². The number of nitrogens with zero attached hydrogens (tertiary/aromatic N) is 2. The van der Waals surface area contributed by atoms with E-state index in [-0.39, 0.29) is 12.2 Å². The first kappa shape index (κ1) is 20.2. The lowest BCUT2D eigenvalue weighted by atomic mass is 10.1. The monoisotopic (exact) mass is 418 g/mol. The van der Waals surface area contributed by atoms with Crippen molar-refractivity contribution in [2.45, 2.75) is 19.6 Å². The number of carbonyl (C=O) groups excluding carboxylic acids is 2. The number of imidazole rings is 1. The van der Waals surface area contributed by atoms with E-state index in [1.165, 1.54) is 9.13 Å². The molecule has 0 saturated heterocycles. The summed E-state index contributed by atoms with van der Waals surface area (Å²) in [5, 5.41) is 2.07. The highest BCUT2D eigenvalue weighted by atomic mass is 16.5. The molecule has 1 heterocycles. The van der Waals surface area contributed by atoms with Crippen LogP contribution in [-0.4, -0.2) is 27.1 Å². The predicted octanol–water partition coefficient (Wildman–Crippen LogP) is 2.11. The molecule has 8 heteroatoms. The third-order valence-electron chi connectivity index (χ3n) is 5.08. The standard InChI is InChI=1S/C23H22N4O4/c1-15(31-18-12-11-16-7-3-4-8-17(16)13-18)22(29)25-24-21(28)14-27-20-10-6-5-9-19(20)26(2)23(27)30/h3-13,15H,14H2,1-2H3,(H,24,28)(H,25,29). The van der Waals surface area contributed by atoms with Gasteiger partial charge in [0, 0.05) is 7.05 Å². The fourth-order valence-corrected chi connectivity index (χ4v) is 3.43. The number of carbonyl (C=O) groups is 2. The maximum atomic E-state index is 12.4. The molecule has 2 N–H and O–H groups in total. The molecule has 4 rings (SSSR count). The van der Waals surface area contributed by atoms with Crippen LogP contribution in [0, 0.1) is 0 Å².